The zero-order valence-electron chi connectivity index (χ0n) is 10.9. The molecule has 0 amide bonds. The second-order valence-electron chi connectivity index (χ2n) is 4.15. The van der Waals surface area contributed by atoms with E-state index in [-0.39, 0.29) is 12.0 Å². The van der Waals surface area contributed by atoms with Crippen LogP contribution in [0.5, 0.6) is 0 Å². The van der Waals surface area contributed by atoms with Gasteiger partial charge in [-0.15, -0.1) is 0 Å². The van der Waals surface area contributed by atoms with Gasteiger partial charge in [-0.25, -0.2) is 4.79 Å². The van der Waals surface area contributed by atoms with Crippen LogP contribution in [0.4, 0.5) is 0 Å². The van der Waals surface area contributed by atoms with E-state index in [1.54, 1.807) is 18.4 Å². The molecule has 2 heterocycles. The van der Waals surface area contributed by atoms with E-state index < -0.39 is 0 Å². The Kier molecular flexibility index (Phi) is 4.30. The molecule has 100 valence electrons. The molecular formula is C14H16N2O3. The minimum absolute atomic E-state index is 0.108. The molecule has 5 nitrogen and oxygen atoms in total. The zero-order valence-corrected chi connectivity index (χ0v) is 10.9. The molecule has 5 heteroatoms. The number of nitrogens with one attached hydrogen (secondary N) is 1. The molecule has 19 heavy (non-hydrogen) atoms. The van der Waals surface area contributed by atoms with Crippen molar-refractivity contribution >= 4 is 5.97 Å². The van der Waals surface area contributed by atoms with E-state index >= 15 is 0 Å². The summed E-state index contributed by atoms with van der Waals surface area (Å²) in [5, 5.41) is 3.29. The Morgan fingerprint density at radius 1 is 1.47 bits per heavy atom. The number of aromatic nitrogens is 1. The first-order valence-electron chi connectivity index (χ1n) is 6.00. The first kappa shape index (κ1) is 13.3. The fraction of sp³-hybridized carbons (Fsp3) is 0.286. The van der Waals surface area contributed by atoms with Gasteiger partial charge in [-0.05, 0) is 31.2 Å². The summed E-state index contributed by atoms with van der Waals surface area (Å²) in [5.41, 5.74) is 1.30. The lowest BCUT2D eigenvalue weighted by Crippen LogP contribution is -2.18. The van der Waals surface area contributed by atoms with Crippen LogP contribution in [0.15, 0.2) is 41.1 Å². The van der Waals surface area contributed by atoms with Crippen molar-refractivity contribution in [3.8, 4) is 0 Å². The number of carbonyl (C=O) groups excluding carboxylic acids is 1. The first-order chi connectivity index (χ1) is 9.20. The van der Waals surface area contributed by atoms with Crippen molar-refractivity contribution < 1.29 is 13.9 Å². The smallest absolute Gasteiger partial charge is 0.339 e. The van der Waals surface area contributed by atoms with E-state index in [1.807, 2.05) is 19.1 Å². The number of hydrogen-bond acceptors (Lipinski definition) is 5. The van der Waals surface area contributed by atoms with Crippen molar-refractivity contribution in [3.63, 3.8) is 0 Å². The Bertz CT molecular complexity index is 520. The highest BCUT2D eigenvalue weighted by atomic mass is 16.5. The molecular weight excluding hydrogens is 244 g/mol. The summed E-state index contributed by atoms with van der Waals surface area (Å²) in [4.78, 5) is 15.5. The molecule has 0 spiro atoms. The van der Waals surface area contributed by atoms with Crippen LogP contribution in [0, 0.1) is 0 Å². The normalized spacial score (nSPS) is 12.1. The lowest BCUT2D eigenvalue weighted by Gasteiger charge is -2.10. The van der Waals surface area contributed by atoms with Gasteiger partial charge in [-0.3, -0.25) is 4.98 Å². The molecule has 0 radical (unpaired) electrons. The summed E-state index contributed by atoms with van der Waals surface area (Å²) in [6.45, 7) is 2.62. The summed E-state index contributed by atoms with van der Waals surface area (Å²) in [7, 11) is 1.35. The van der Waals surface area contributed by atoms with Crippen molar-refractivity contribution in [3.05, 3.63) is 53.7 Å². The van der Waals surface area contributed by atoms with E-state index in [4.69, 9.17) is 4.42 Å². The summed E-state index contributed by atoms with van der Waals surface area (Å²) in [6.07, 6.45) is 3.16. The maximum atomic E-state index is 11.3. The minimum atomic E-state index is -0.379. The van der Waals surface area contributed by atoms with Gasteiger partial charge in [-0.2, -0.15) is 0 Å². The first-order valence-corrected chi connectivity index (χ1v) is 6.00. The molecule has 1 N–H and O–H groups in total. The van der Waals surface area contributed by atoms with Crippen LogP contribution in [0.1, 0.15) is 34.8 Å². The number of nitrogens with zero attached hydrogens (tertiary/aromatic N) is 1. The Balaban J connectivity index is 1.91. The van der Waals surface area contributed by atoms with Crippen molar-refractivity contribution in [2.24, 2.45) is 0 Å². The van der Waals surface area contributed by atoms with Gasteiger partial charge >= 0.3 is 5.97 Å². The molecule has 2 aromatic rings. The molecule has 0 saturated heterocycles. The quantitative estimate of drug-likeness (QED) is 0.836. The Morgan fingerprint density at radius 3 is 2.89 bits per heavy atom. The highest BCUT2D eigenvalue weighted by molar-refractivity contribution is 5.88. The van der Waals surface area contributed by atoms with Crippen LogP contribution in [0.25, 0.3) is 0 Å². The molecule has 0 aliphatic heterocycles. The fourth-order valence-electron chi connectivity index (χ4n) is 1.66. The summed E-state index contributed by atoms with van der Waals surface area (Å²) >= 11 is 0. The molecule has 2 aromatic heterocycles. The van der Waals surface area contributed by atoms with Gasteiger partial charge < -0.3 is 14.5 Å². The molecule has 0 fully saturated rings. The van der Waals surface area contributed by atoms with Crippen molar-refractivity contribution in [2.45, 2.75) is 19.5 Å². The number of hydrogen-bond donors (Lipinski definition) is 1. The molecule has 2 rings (SSSR count). The van der Waals surface area contributed by atoms with E-state index in [0.29, 0.717) is 12.1 Å². The standard InChI is InChI=1S/C14H16N2O3/c1-10(13-4-3-7-19-13)15-9-12-6-5-11(8-16-12)14(17)18-2/h3-8,10,15H,9H2,1-2H3/t10-/m0/s1. The van der Waals surface area contributed by atoms with Crippen LogP contribution >= 0.6 is 0 Å². The molecule has 0 bridgehead atoms. The Labute approximate surface area is 111 Å². The van der Waals surface area contributed by atoms with E-state index in [9.17, 15) is 4.79 Å². The molecule has 0 aliphatic carbocycles. The molecule has 0 aromatic carbocycles. The molecule has 0 saturated carbocycles. The van der Waals surface area contributed by atoms with Gasteiger partial charge in [0.25, 0.3) is 0 Å². The van der Waals surface area contributed by atoms with Gasteiger partial charge in [0.2, 0.25) is 0 Å². The third kappa shape index (κ3) is 3.42. The maximum absolute atomic E-state index is 11.3. The topological polar surface area (TPSA) is 64.4 Å². The SMILES string of the molecule is COC(=O)c1ccc(CN[C@@H](C)c2ccco2)nc1. The number of esters is 1. The van der Waals surface area contributed by atoms with Crippen molar-refractivity contribution in [2.75, 3.05) is 7.11 Å². The second-order valence-corrected chi connectivity index (χ2v) is 4.15. The predicted octanol–water partition coefficient (Wildman–Crippen LogP) is 2.31. The van der Waals surface area contributed by atoms with Crippen molar-refractivity contribution in [1.29, 1.82) is 0 Å². The van der Waals surface area contributed by atoms with Gasteiger partial charge in [-0.1, -0.05) is 0 Å². The van der Waals surface area contributed by atoms with E-state index in [0.717, 1.165) is 11.5 Å². The molecule has 0 aliphatic rings. The van der Waals surface area contributed by atoms with E-state index in [2.05, 4.69) is 15.0 Å². The lowest BCUT2D eigenvalue weighted by molar-refractivity contribution is 0.0600. The second kappa shape index (κ2) is 6.15. The Morgan fingerprint density at radius 2 is 2.32 bits per heavy atom. The Hall–Kier alpha value is -2.14. The average Bonchev–Trinajstić information content (AvgIpc) is 2.98. The zero-order chi connectivity index (χ0) is 13.7. The largest absolute Gasteiger partial charge is 0.468 e. The van der Waals surface area contributed by atoms with E-state index in [1.165, 1.54) is 13.3 Å². The predicted molar refractivity (Wildman–Crippen MR) is 69.5 cm³/mol. The van der Waals surface area contributed by atoms with Crippen LogP contribution in [-0.2, 0) is 11.3 Å². The minimum Gasteiger partial charge on any atom is -0.468 e. The number of ether oxygens (including phenoxy) is 1. The highest BCUT2D eigenvalue weighted by Gasteiger charge is 2.09. The summed E-state index contributed by atoms with van der Waals surface area (Å²) in [5.74, 6) is 0.502. The number of carbonyl (C=O) groups is 1. The number of pyridine rings is 1. The van der Waals surface area contributed by atoms with Gasteiger partial charge in [0, 0.05) is 12.7 Å². The third-order valence-electron chi connectivity index (χ3n) is 2.81. The van der Waals surface area contributed by atoms with Gasteiger partial charge in [0.15, 0.2) is 0 Å². The lowest BCUT2D eigenvalue weighted by atomic mass is 10.2. The van der Waals surface area contributed by atoms with Gasteiger partial charge in [0.1, 0.15) is 5.76 Å². The van der Waals surface area contributed by atoms with Crippen molar-refractivity contribution in [1.82, 2.24) is 10.3 Å². The number of methoxy groups -OCH3 is 1. The molecule has 0 unspecified atom stereocenters. The third-order valence-corrected chi connectivity index (χ3v) is 2.81. The fourth-order valence-corrected chi connectivity index (χ4v) is 1.66. The number of rotatable bonds is 5. The van der Waals surface area contributed by atoms with Crippen LogP contribution in [-0.4, -0.2) is 18.1 Å². The summed E-state index contributed by atoms with van der Waals surface area (Å²) in [6, 6.07) is 7.39. The van der Waals surface area contributed by atoms with Crippen LogP contribution in [0.2, 0.25) is 0 Å². The number of furan rings is 1. The monoisotopic (exact) mass is 260 g/mol. The highest BCUT2D eigenvalue weighted by Crippen LogP contribution is 2.12. The maximum Gasteiger partial charge on any atom is 0.339 e. The summed E-state index contributed by atoms with van der Waals surface area (Å²) < 4.78 is 9.92. The van der Waals surface area contributed by atoms with Gasteiger partial charge in [0.05, 0.1) is 30.7 Å². The average molecular weight is 260 g/mol. The molecule has 1 atom stereocenters. The van der Waals surface area contributed by atoms with Crippen LogP contribution < -0.4 is 5.32 Å². The van der Waals surface area contributed by atoms with Crippen LogP contribution in [0.3, 0.4) is 0 Å².